The molecule has 1 unspecified atom stereocenters. The zero-order chi connectivity index (χ0) is 18.2. The fourth-order valence-electron chi connectivity index (χ4n) is 3.54. The van der Waals surface area contributed by atoms with Gasteiger partial charge in [-0.05, 0) is 43.0 Å². The SMILES string of the molecule is COc1ccccc1CCCC(Nc1ccccc1N)N1CCNCC1. The van der Waals surface area contributed by atoms with Crippen LogP contribution in [0.25, 0.3) is 0 Å². The Morgan fingerprint density at radius 3 is 2.62 bits per heavy atom. The van der Waals surface area contributed by atoms with Gasteiger partial charge < -0.3 is 21.1 Å². The first-order valence-corrected chi connectivity index (χ1v) is 9.45. The largest absolute Gasteiger partial charge is 0.496 e. The molecule has 4 N–H and O–H groups in total. The van der Waals surface area contributed by atoms with Crippen LogP contribution in [0.3, 0.4) is 0 Å². The van der Waals surface area contributed by atoms with E-state index in [-0.39, 0.29) is 6.17 Å². The van der Waals surface area contributed by atoms with E-state index in [1.807, 2.05) is 30.3 Å². The molecule has 0 radical (unpaired) electrons. The summed E-state index contributed by atoms with van der Waals surface area (Å²) in [6.45, 7) is 4.18. The molecule has 0 saturated carbocycles. The summed E-state index contributed by atoms with van der Waals surface area (Å²) in [5, 5.41) is 7.10. The van der Waals surface area contributed by atoms with Crippen LogP contribution in [-0.4, -0.2) is 44.4 Å². The Hall–Kier alpha value is -2.24. The van der Waals surface area contributed by atoms with Crippen molar-refractivity contribution in [2.24, 2.45) is 0 Å². The van der Waals surface area contributed by atoms with Crippen molar-refractivity contribution >= 4 is 11.4 Å². The highest BCUT2D eigenvalue weighted by Gasteiger charge is 2.20. The van der Waals surface area contributed by atoms with E-state index in [0.717, 1.165) is 62.6 Å². The standard InChI is InChI=1S/C21H30N4O/c1-26-20-11-5-2-7-17(20)8-6-12-21(25-15-13-23-14-16-25)24-19-10-4-3-9-18(19)22/h2-5,7,9-11,21,23-24H,6,8,12-16,22H2,1H3. The number of nitrogen functional groups attached to an aromatic ring is 1. The molecule has 0 amide bonds. The Bertz CT molecular complexity index is 685. The molecule has 1 saturated heterocycles. The van der Waals surface area contributed by atoms with Gasteiger partial charge in [0.05, 0.1) is 24.7 Å². The number of benzene rings is 2. The highest BCUT2D eigenvalue weighted by atomic mass is 16.5. The van der Waals surface area contributed by atoms with Crippen molar-refractivity contribution in [2.75, 3.05) is 44.3 Å². The first-order chi connectivity index (χ1) is 12.8. The average Bonchev–Trinajstić information content (AvgIpc) is 2.69. The number of anilines is 2. The molecule has 0 bridgehead atoms. The smallest absolute Gasteiger partial charge is 0.122 e. The van der Waals surface area contributed by atoms with Crippen LogP contribution in [0.2, 0.25) is 0 Å². The fraction of sp³-hybridized carbons (Fsp3) is 0.429. The van der Waals surface area contributed by atoms with Crippen molar-refractivity contribution in [3.8, 4) is 5.75 Å². The lowest BCUT2D eigenvalue weighted by Gasteiger charge is -2.36. The van der Waals surface area contributed by atoms with Gasteiger partial charge in [-0.2, -0.15) is 0 Å². The molecule has 140 valence electrons. The van der Waals surface area contributed by atoms with Crippen molar-refractivity contribution in [3.63, 3.8) is 0 Å². The van der Waals surface area contributed by atoms with Gasteiger partial charge in [-0.25, -0.2) is 0 Å². The highest BCUT2D eigenvalue weighted by Crippen LogP contribution is 2.23. The maximum atomic E-state index is 6.15. The molecule has 0 aliphatic carbocycles. The first-order valence-electron chi connectivity index (χ1n) is 9.45. The molecule has 1 heterocycles. The van der Waals surface area contributed by atoms with E-state index in [1.165, 1.54) is 5.56 Å². The molecule has 1 aliphatic rings. The summed E-state index contributed by atoms with van der Waals surface area (Å²) in [5.41, 5.74) is 9.24. The maximum absolute atomic E-state index is 6.15. The molecule has 0 aromatic heterocycles. The minimum Gasteiger partial charge on any atom is -0.496 e. The van der Waals surface area contributed by atoms with Crippen molar-refractivity contribution in [1.82, 2.24) is 10.2 Å². The number of methoxy groups -OCH3 is 1. The first kappa shape index (κ1) is 18.5. The molecule has 0 spiro atoms. The van der Waals surface area contributed by atoms with Crippen LogP contribution in [0.15, 0.2) is 48.5 Å². The Balaban J connectivity index is 1.64. The summed E-state index contributed by atoms with van der Waals surface area (Å²) in [4.78, 5) is 2.52. The molecular weight excluding hydrogens is 324 g/mol. The number of rotatable bonds is 8. The zero-order valence-electron chi connectivity index (χ0n) is 15.6. The third kappa shape index (κ3) is 4.90. The van der Waals surface area contributed by atoms with Crippen molar-refractivity contribution in [2.45, 2.75) is 25.4 Å². The molecule has 1 atom stereocenters. The molecule has 5 nitrogen and oxygen atoms in total. The van der Waals surface area contributed by atoms with Crippen LogP contribution in [0.1, 0.15) is 18.4 Å². The second-order valence-electron chi connectivity index (χ2n) is 6.74. The van der Waals surface area contributed by atoms with E-state index in [9.17, 15) is 0 Å². The van der Waals surface area contributed by atoms with Crippen LogP contribution < -0.4 is 21.1 Å². The van der Waals surface area contributed by atoms with Gasteiger partial charge in [-0.15, -0.1) is 0 Å². The quantitative estimate of drug-likeness (QED) is 0.636. The molecule has 1 fully saturated rings. The lowest BCUT2D eigenvalue weighted by molar-refractivity contribution is 0.180. The third-order valence-corrected chi connectivity index (χ3v) is 4.99. The second kappa shape index (κ2) is 9.46. The minimum absolute atomic E-state index is 0.288. The Kier molecular flexibility index (Phi) is 6.75. The van der Waals surface area contributed by atoms with E-state index in [4.69, 9.17) is 10.5 Å². The minimum atomic E-state index is 0.288. The molecular formula is C21H30N4O. The monoisotopic (exact) mass is 354 g/mol. The summed E-state index contributed by atoms with van der Waals surface area (Å²) in [7, 11) is 1.74. The van der Waals surface area contributed by atoms with E-state index in [2.05, 4.69) is 33.7 Å². The number of nitrogens with zero attached hydrogens (tertiary/aromatic N) is 1. The molecule has 26 heavy (non-hydrogen) atoms. The van der Waals surface area contributed by atoms with Gasteiger partial charge in [0.2, 0.25) is 0 Å². The number of nitrogens with one attached hydrogen (secondary N) is 2. The van der Waals surface area contributed by atoms with Crippen LogP contribution in [0, 0.1) is 0 Å². The molecule has 2 aromatic carbocycles. The van der Waals surface area contributed by atoms with E-state index < -0.39 is 0 Å². The van der Waals surface area contributed by atoms with Crippen LogP contribution in [-0.2, 0) is 6.42 Å². The normalized spacial score (nSPS) is 16.2. The van der Waals surface area contributed by atoms with Crippen molar-refractivity contribution < 1.29 is 4.74 Å². The number of hydrogen-bond donors (Lipinski definition) is 3. The van der Waals surface area contributed by atoms with Gasteiger partial charge in [-0.1, -0.05) is 30.3 Å². The maximum Gasteiger partial charge on any atom is 0.122 e. The third-order valence-electron chi connectivity index (χ3n) is 4.99. The molecule has 2 aromatic rings. The van der Waals surface area contributed by atoms with Crippen LogP contribution >= 0.6 is 0 Å². The van der Waals surface area contributed by atoms with Gasteiger partial charge in [0.15, 0.2) is 0 Å². The summed E-state index contributed by atoms with van der Waals surface area (Å²) in [5.74, 6) is 0.978. The number of ether oxygens (including phenoxy) is 1. The summed E-state index contributed by atoms with van der Waals surface area (Å²) in [6.07, 6.45) is 3.45. The van der Waals surface area contributed by atoms with Crippen LogP contribution in [0.5, 0.6) is 5.75 Å². The number of piperazine rings is 1. The van der Waals surface area contributed by atoms with Crippen LogP contribution in [0.4, 0.5) is 11.4 Å². The van der Waals surface area contributed by atoms with E-state index >= 15 is 0 Å². The summed E-state index contributed by atoms with van der Waals surface area (Å²) < 4.78 is 5.48. The van der Waals surface area contributed by atoms with Crippen molar-refractivity contribution in [1.29, 1.82) is 0 Å². The van der Waals surface area contributed by atoms with Crippen molar-refractivity contribution in [3.05, 3.63) is 54.1 Å². The Morgan fingerprint density at radius 2 is 1.85 bits per heavy atom. The van der Waals surface area contributed by atoms with Gasteiger partial charge in [-0.3, -0.25) is 4.90 Å². The topological polar surface area (TPSA) is 62.6 Å². The predicted molar refractivity (Wildman–Crippen MR) is 109 cm³/mol. The Morgan fingerprint density at radius 1 is 1.12 bits per heavy atom. The van der Waals surface area contributed by atoms with E-state index in [0.29, 0.717) is 0 Å². The number of para-hydroxylation sites is 3. The highest BCUT2D eigenvalue weighted by molar-refractivity contribution is 5.65. The summed E-state index contributed by atoms with van der Waals surface area (Å²) >= 11 is 0. The number of nitrogens with two attached hydrogens (primary N) is 1. The number of aryl methyl sites for hydroxylation is 1. The second-order valence-corrected chi connectivity index (χ2v) is 6.74. The molecule has 5 heteroatoms. The average molecular weight is 354 g/mol. The molecule has 1 aliphatic heterocycles. The lowest BCUT2D eigenvalue weighted by atomic mass is 10.1. The predicted octanol–water partition coefficient (Wildman–Crippen LogP) is 2.94. The lowest BCUT2D eigenvalue weighted by Crippen LogP contribution is -2.51. The fourth-order valence-corrected chi connectivity index (χ4v) is 3.54. The van der Waals surface area contributed by atoms with Gasteiger partial charge >= 0.3 is 0 Å². The molecule has 3 rings (SSSR count). The Labute approximate surface area is 156 Å². The van der Waals surface area contributed by atoms with Gasteiger partial charge in [0.1, 0.15) is 5.75 Å². The zero-order valence-corrected chi connectivity index (χ0v) is 15.6. The number of hydrogen-bond acceptors (Lipinski definition) is 5. The van der Waals surface area contributed by atoms with Gasteiger partial charge in [0.25, 0.3) is 0 Å². The van der Waals surface area contributed by atoms with Gasteiger partial charge in [0, 0.05) is 26.2 Å². The summed E-state index contributed by atoms with van der Waals surface area (Å²) in [6, 6.07) is 16.3. The van der Waals surface area contributed by atoms with E-state index in [1.54, 1.807) is 7.11 Å².